The summed E-state index contributed by atoms with van der Waals surface area (Å²) in [5.74, 6) is -0.874. The van der Waals surface area contributed by atoms with Gasteiger partial charge >= 0.3 is 12.1 Å². The Hall–Kier alpha value is -5.63. The van der Waals surface area contributed by atoms with Gasteiger partial charge < -0.3 is 28.8 Å². The van der Waals surface area contributed by atoms with Gasteiger partial charge in [0.2, 0.25) is 11.7 Å². The van der Waals surface area contributed by atoms with Gasteiger partial charge in [0, 0.05) is 30.1 Å². The van der Waals surface area contributed by atoms with E-state index in [2.05, 4.69) is 25.5 Å². The number of carbonyl (C=O) groups excluding carboxylic acids is 2. The number of nitrogens with one attached hydrogen (secondary N) is 1. The molecule has 14 heteroatoms. The van der Waals surface area contributed by atoms with Crippen LogP contribution < -0.4 is 10.1 Å². The summed E-state index contributed by atoms with van der Waals surface area (Å²) in [4.78, 5) is 34.2. The first-order valence-electron chi connectivity index (χ1n) is 16.2. The summed E-state index contributed by atoms with van der Waals surface area (Å²) in [6, 6.07) is 17.7. The van der Waals surface area contributed by atoms with Gasteiger partial charge in [-0.15, -0.1) is 0 Å². The van der Waals surface area contributed by atoms with Gasteiger partial charge in [-0.1, -0.05) is 35.5 Å². The molecule has 13 nitrogen and oxygen atoms in total. The summed E-state index contributed by atoms with van der Waals surface area (Å²) in [5, 5.41) is 11.0. The molecule has 1 saturated heterocycles. The maximum Gasteiger partial charge on any atom is 0.408 e. The molecule has 2 aromatic carbocycles. The van der Waals surface area contributed by atoms with Gasteiger partial charge in [-0.05, 0) is 82.0 Å². The fraction of sp³-hybridized carbons (Fsp3) is 0.333. The van der Waals surface area contributed by atoms with E-state index in [0.717, 1.165) is 24.8 Å². The van der Waals surface area contributed by atoms with Crippen molar-refractivity contribution in [1.82, 2.24) is 30.2 Å². The SMILES string of the molecule is CC(C)(C)OC(=O)N[C@@H](Cc1nc(-c2ccc(Oc3ncc(-c4ccnn4C4CCCCO4)cc3F)cc2)no1)C(=O)OCc1ccccc1. The monoisotopic (exact) mass is 684 g/mol. The van der Waals surface area contributed by atoms with Crippen LogP contribution in [-0.2, 0) is 32.0 Å². The molecule has 0 radical (unpaired) electrons. The standard InChI is InChI=1S/C36H37FN6O7/c1-36(2,3)49-35(45)40-28(34(44)47-22-23-9-5-4-6-10-23)20-30-41-32(42-50-30)24-12-14-26(15-13-24)48-33-27(37)19-25(21-38-33)29-16-17-39-43(29)31-11-7-8-18-46-31/h4-6,9-10,12-17,19,21,28,31H,7-8,11,18,20,22H2,1-3H3,(H,40,45)/t28-,31?/m0/s1. The molecule has 0 bridgehead atoms. The van der Waals surface area contributed by atoms with E-state index in [1.54, 1.807) is 62.0 Å². The fourth-order valence-corrected chi connectivity index (χ4v) is 5.22. The minimum absolute atomic E-state index is 0.0146. The molecule has 260 valence electrons. The number of aromatic nitrogens is 5. The van der Waals surface area contributed by atoms with E-state index < -0.39 is 29.5 Å². The summed E-state index contributed by atoms with van der Waals surface area (Å²) in [7, 11) is 0. The molecule has 4 heterocycles. The van der Waals surface area contributed by atoms with Crippen LogP contribution in [0.3, 0.4) is 0 Å². The topological polar surface area (TPSA) is 153 Å². The maximum absolute atomic E-state index is 15.2. The van der Waals surface area contributed by atoms with Crippen LogP contribution in [0.4, 0.5) is 9.18 Å². The lowest BCUT2D eigenvalue weighted by molar-refractivity contribution is -0.147. The van der Waals surface area contributed by atoms with E-state index in [1.165, 1.54) is 12.3 Å². The van der Waals surface area contributed by atoms with Crippen molar-refractivity contribution in [3.05, 3.63) is 96.4 Å². The van der Waals surface area contributed by atoms with Crippen LogP contribution in [0.15, 0.2) is 83.6 Å². The predicted octanol–water partition coefficient (Wildman–Crippen LogP) is 6.80. The Morgan fingerprint density at radius 2 is 1.86 bits per heavy atom. The molecule has 1 aliphatic heterocycles. The molecular weight excluding hydrogens is 647 g/mol. The van der Waals surface area contributed by atoms with Crippen molar-refractivity contribution >= 4 is 12.1 Å². The summed E-state index contributed by atoms with van der Waals surface area (Å²) in [5.41, 5.74) is 1.83. The molecule has 1 N–H and O–H groups in total. The number of alkyl carbamates (subject to hydrolysis) is 1. The van der Waals surface area contributed by atoms with E-state index >= 15 is 4.39 Å². The summed E-state index contributed by atoms with van der Waals surface area (Å²) in [6.07, 6.45) is 4.94. The Labute approximate surface area is 287 Å². The second-order valence-corrected chi connectivity index (χ2v) is 12.6. The number of amides is 1. The van der Waals surface area contributed by atoms with Gasteiger partial charge in [0.05, 0.1) is 12.1 Å². The summed E-state index contributed by atoms with van der Waals surface area (Å²) >= 11 is 0. The van der Waals surface area contributed by atoms with Gasteiger partial charge in [-0.3, -0.25) is 0 Å². The van der Waals surface area contributed by atoms with Gasteiger partial charge in [0.15, 0.2) is 12.0 Å². The van der Waals surface area contributed by atoms with E-state index in [9.17, 15) is 9.59 Å². The molecule has 2 atom stereocenters. The Balaban J connectivity index is 1.10. The Bertz CT molecular complexity index is 1900. The number of benzene rings is 2. The third kappa shape index (κ3) is 8.88. The number of pyridine rings is 1. The van der Waals surface area contributed by atoms with Crippen LogP contribution in [0.5, 0.6) is 11.6 Å². The van der Waals surface area contributed by atoms with Crippen LogP contribution in [0.25, 0.3) is 22.6 Å². The minimum atomic E-state index is -1.16. The van der Waals surface area contributed by atoms with E-state index in [0.29, 0.717) is 29.2 Å². The van der Waals surface area contributed by atoms with Crippen molar-refractivity contribution in [2.45, 2.75) is 70.9 Å². The number of ether oxygens (including phenoxy) is 4. The second-order valence-electron chi connectivity index (χ2n) is 12.6. The third-order valence-corrected chi connectivity index (χ3v) is 7.58. The lowest BCUT2D eigenvalue weighted by Gasteiger charge is -2.24. The van der Waals surface area contributed by atoms with Gasteiger partial charge in [0.25, 0.3) is 5.88 Å². The first kappa shape index (κ1) is 34.2. The first-order valence-corrected chi connectivity index (χ1v) is 16.2. The van der Waals surface area contributed by atoms with Crippen LogP contribution in [0.1, 0.15) is 57.7 Å². The summed E-state index contributed by atoms with van der Waals surface area (Å²) in [6.45, 7) is 5.82. The van der Waals surface area contributed by atoms with Crippen molar-refractivity contribution in [3.8, 4) is 34.3 Å². The number of esters is 1. The third-order valence-electron chi connectivity index (χ3n) is 7.58. The highest BCUT2D eigenvalue weighted by Gasteiger charge is 2.28. The van der Waals surface area contributed by atoms with Crippen LogP contribution >= 0.6 is 0 Å². The minimum Gasteiger partial charge on any atom is -0.459 e. The highest BCUT2D eigenvalue weighted by molar-refractivity contribution is 5.81. The van der Waals surface area contributed by atoms with Crippen molar-refractivity contribution in [3.63, 3.8) is 0 Å². The molecule has 3 aromatic heterocycles. The molecule has 1 aliphatic rings. The number of hydrogen-bond acceptors (Lipinski definition) is 11. The van der Waals surface area contributed by atoms with Crippen LogP contribution in [0, 0.1) is 5.82 Å². The quantitative estimate of drug-likeness (QED) is 0.146. The van der Waals surface area contributed by atoms with Crippen LogP contribution in [-0.4, -0.2) is 55.2 Å². The fourth-order valence-electron chi connectivity index (χ4n) is 5.22. The van der Waals surface area contributed by atoms with Gasteiger partial charge in [0.1, 0.15) is 24.0 Å². The highest BCUT2D eigenvalue weighted by atomic mass is 19.1. The first-order chi connectivity index (χ1) is 24.1. The number of rotatable bonds is 11. The van der Waals surface area contributed by atoms with Crippen LogP contribution in [0.2, 0.25) is 0 Å². The second kappa shape index (κ2) is 15.3. The van der Waals surface area contributed by atoms with E-state index in [1.807, 2.05) is 30.3 Å². The molecule has 5 aromatic rings. The maximum atomic E-state index is 15.2. The largest absolute Gasteiger partial charge is 0.459 e. The van der Waals surface area contributed by atoms with Gasteiger partial charge in [-0.25, -0.2) is 23.6 Å². The molecule has 1 fully saturated rings. The number of hydrogen-bond donors (Lipinski definition) is 1. The average molecular weight is 685 g/mol. The number of carbonyl (C=O) groups is 2. The molecule has 1 unspecified atom stereocenters. The summed E-state index contributed by atoms with van der Waals surface area (Å²) < 4.78 is 44.7. The van der Waals surface area contributed by atoms with Crippen molar-refractivity contribution in [2.75, 3.05) is 6.61 Å². The smallest absolute Gasteiger partial charge is 0.408 e. The number of nitrogens with zero attached hydrogens (tertiary/aromatic N) is 5. The Morgan fingerprint density at radius 3 is 2.58 bits per heavy atom. The molecule has 0 saturated carbocycles. The number of halogens is 1. The van der Waals surface area contributed by atoms with Crippen molar-refractivity contribution < 1.29 is 37.5 Å². The molecule has 0 aliphatic carbocycles. The Kier molecular flexibility index (Phi) is 10.5. The van der Waals surface area contributed by atoms with Crippen molar-refractivity contribution in [1.29, 1.82) is 0 Å². The average Bonchev–Trinajstić information content (AvgIpc) is 3.79. The lowest BCUT2D eigenvalue weighted by Crippen LogP contribution is -2.45. The zero-order valence-electron chi connectivity index (χ0n) is 27.9. The molecule has 0 spiro atoms. The molecular formula is C36H37FN6O7. The zero-order chi connectivity index (χ0) is 35.1. The predicted molar refractivity (Wildman–Crippen MR) is 177 cm³/mol. The van der Waals surface area contributed by atoms with Gasteiger partial charge in [-0.2, -0.15) is 10.1 Å². The lowest BCUT2D eigenvalue weighted by atomic mass is 10.1. The normalized spacial score (nSPS) is 15.2. The zero-order valence-corrected chi connectivity index (χ0v) is 27.9. The molecule has 1 amide bonds. The highest BCUT2D eigenvalue weighted by Crippen LogP contribution is 2.31. The Morgan fingerprint density at radius 1 is 1.06 bits per heavy atom. The van der Waals surface area contributed by atoms with E-state index in [-0.39, 0.29) is 36.9 Å². The molecule has 6 rings (SSSR count). The van der Waals surface area contributed by atoms with Crippen molar-refractivity contribution in [2.24, 2.45) is 0 Å². The van der Waals surface area contributed by atoms with E-state index in [4.69, 9.17) is 23.5 Å². The molecule has 50 heavy (non-hydrogen) atoms.